The van der Waals surface area contributed by atoms with Crippen LogP contribution in [0.4, 0.5) is 5.00 Å². The molecule has 3 heterocycles. The number of carbonyl (C=O) groups excluding carboxylic acids is 2. The number of rotatable bonds is 5. The smallest absolute Gasteiger partial charge is 0.261 e. The van der Waals surface area contributed by atoms with Crippen LogP contribution in [0.5, 0.6) is 0 Å². The first-order chi connectivity index (χ1) is 13.8. The highest BCUT2D eigenvalue weighted by Gasteiger charge is 2.28. The van der Waals surface area contributed by atoms with Gasteiger partial charge in [0.15, 0.2) is 0 Å². The summed E-state index contributed by atoms with van der Waals surface area (Å²) in [7, 11) is -3.75. The van der Waals surface area contributed by atoms with E-state index in [1.54, 1.807) is 30.5 Å². The Kier molecular flexibility index (Phi) is 4.82. The summed E-state index contributed by atoms with van der Waals surface area (Å²) in [6, 6.07) is 11.3. The highest BCUT2D eigenvalue weighted by Crippen LogP contribution is 2.39. The molecule has 8 nitrogen and oxygen atoms in total. The molecule has 1 aromatic carbocycles. The van der Waals surface area contributed by atoms with Crippen LogP contribution in [-0.2, 0) is 21.4 Å². The number of primary sulfonamides is 1. The fourth-order valence-electron chi connectivity index (χ4n) is 2.89. The molecule has 0 fully saturated rings. The van der Waals surface area contributed by atoms with E-state index in [1.165, 1.54) is 23.5 Å². The molecule has 0 unspecified atom stereocenters. The fraction of sp³-hybridized carbons (Fsp3) is 0.0526. The SMILES string of the molecule is NS(=O)(=O)c1ccc(CNC(=O)c2cc3c(s2)NC(=O)/C3=C/c2ccc[nH]2)cc1. The Balaban J connectivity index is 1.47. The fourth-order valence-corrected chi connectivity index (χ4v) is 4.39. The molecule has 0 aliphatic carbocycles. The predicted octanol–water partition coefficient (Wildman–Crippen LogP) is 2.15. The van der Waals surface area contributed by atoms with Gasteiger partial charge in [0.1, 0.15) is 5.00 Å². The van der Waals surface area contributed by atoms with Crippen LogP contribution in [-0.4, -0.2) is 25.2 Å². The van der Waals surface area contributed by atoms with Crippen LogP contribution in [0.3, 0.4) is 0 Å². The lowest BCUT2D eigenvalue weighted by atomic mass is 10.1. The number of hydrogen-bond donors (Lipinski definition) is 4. The van der Waals surface area contributed by atoms with E-state index in [1.807, 2.05) is 12.1 Å². The van der Waals surface area contributed by atoms with Crippen LogP contribution in [0.25, 0.3) is 11.6 Å². The van der Waals surface area contributed by atoms with Crippen LogP contribution in [0.15, 0.2) is 53.6 Å². The number of nitrogens with one attached hydrogen (secondary N) is 3. The second-order valence-electron chi connectivity index (χ2n) is 6.36. The number of amides is 2. The van der Waals surface area contributed by atoms with Crippen LogP contribution < -0.4 is 15.8 Å². The molecule has 2 amide bonds. The van der Waals surface area contributed by atoms with Gasteiger partial charge in [0.05, 0.1) is 15.3 Å². The number of nitrogens with two attached hydrogens (primary N) is 1. The normalized spacial score (nSPS) is 14.7. The lowest BCUT2D eigenvalue weighted by Crippen LogP contribution is -2.22. The van der Waals surface area contributed by atoms with Gasteiger partial charge in [-0.1, -0.05) is 12.1 Å². The minimum atomic E-state index is -3.75. The van der Waals surface area contributed by atoms with Crippen molar-refractivity contribution in [2.75, 3.05) is 5.32 Å². The largest absolute Gasteiger partial charge is 0.362 e. The second kappa shape index (κ2) is 7.32. The molecule has 29 heavy (non-hydrogen) atoms. The van der Waals surface area contributed by atoms with Gasteiger partial charge in [0, 0.05) is 24.0 Å². The molecule has 0 saturated carbocycles. The van der Waals surface area contributed by atoms with E-state index in [2.05, 4.69) is 15.6 Å². The molecule has 1 aliphatic rings. The molecule has 1 aliphatic heterocycles. The predicted molar refractivity (Wildman–Crippen MR) is 111 cm³/mol. The number of aromatic nitrogens is 1. The zero-order valence-electron chi connectivity index (χ0n) is 14.9. The summed E-state index contributed by atoms with van der Waals surface area (Å²) >= 11 is 1.20. The Morgan fingerprint density at radius 3 is 2.62 bits per heavy atom. The topological polar surface area (TPSA) is 134 Å². The Bertz CT molecular complexity index is 1220. The Morgan fingerprint density at radius 2 is 1.97 bits per heavy atom. The summed E-state index contributed by atoms with van der Waals surface area (Å²) < 4.78 is 22.6. The van der Waals surface area contributed by atoms with Gasteiger partial charge in [0.2, 0.25) is 10.0 Å². The van der Waals surface area contributed by atoms with Crippen molar-refractivity contribution in [2.24, 2.45) is 5.14 Å². The first-order valence-corrected chi connectivity index (χ1v) is 10.9. The van der Waals surface area contributed by atoms with E-state index in [0.29, 0.717) is 21.0 Å². The summed E-state index contributed by atoms with van der Waals surface area (Å²) in [5.41, 5.74) is 2.72. The number of sulfonamides is 1. The van der Waals surface area contributed by atoms with Gasteiger partial charge in [-0.05, 0) is 42.0 Å². The van der Waals surface area contributed by atoms with Gasteiger partial charge in [0.25, 0.3) is 11.8 Å². The summed E-state index contributed by atoms with van der Waals surface area (Å²) in [5.74, 6) is -0.490. The Hall–Kier alpha value is -3.21. The average molecular weight is 428 g/mol. The Morgan fingerprint density at radius 1 is 1.21 bits per heavy atom. The van der Waals surface area contributed by atoms with Gasteiger partial charge < -0.3 is 15.6 Å². The zero-order chi connectivity index (χ0) is 20.6. The van der Waals surface area contributed by atoms with E-state index < -0.39 is 10.0 Å². The molecule has 3 aromatic rings. The number of H-pyrrole nitrogens is 1. The molecule has 0 atom stereocenters. The summed E-state index contributed by atoms with van der Waals surface area (Å²) in [6.07, 6.45) is 3.50. The molecule has 5 N–H and O–H groups in total. The molecule has 0 radical (unpaired) electrons. The van der Waals surface area contributed by atoms with Crippen molar-refractivity contribution in [2.45, 2.75) is 11.4 Å². The number of aromatic amines is 1. The monoisotopic (exact) mass is 428 g/mol. The van der Waals surface area contributed by atoms with Gasteiger partial charge in [-0.2, -0.15) is 0 Å². The molecule has 10 heteroatoms. The molecule has 0 bridgehead atoms. The van der Waals surface area contributed by atoms with Crippen molar-refractivity contribution < 1.29 is 18.0 Å². The van der Waals surface area contributed by atoms with E-state index in [0.717, 1.165) is 11.3 Å². The van der Waals surface area contributed by atoms with Crippen LogP contribution in [0, 0.1) is 0 Å². The second-order valence-corrected chi connectivity index (χ2v) is 8.98. The quantitative estimate of drug-likeness (QED) is 0.463. The minimum absolute atomic E-state index is 0.0133. The maximum atomic E-state index is 12.5. The number of benzene rings is 1. The van der Waals surface area contributed by atoms with E-state index in [-0.39, 0.29) is 23.3 Å². The number of thiophene rings is 1. The maximum Gasteiger partial charge on any atom is 0.261 e. The lowest BCUT2D eigenvalue weighted by molar-refractivity contribution is -0.110. The molecule has 0 spiro atoms. The first-order valence-electron chi connectivity index (χ1n) is 8.52. The molecule has 0 saturated heterocycles. The zero-order valence-corrected chi connectivity index (χ0v) is 16.6. The Labute approximate surface area is 170 Å². The standard InChI is InChI=1S/C19H16N4O4S2/c20-29(26,27)13-5-3-11(4-6-13)10-22-18(25)16-9-15-14(8-12-2-1-7-21-12)17(24)23-19(15)28-16/h1-9,21H,10H2,(H,22,25)(H,23,24)(H2,20,26,27)/b14-8+. The lowest BCUT2D eigenvalue weighted by Gasteiger charge is -2.05. The van der Waals surface area contributed by atoms with Gasteiger partial charge in [-0.15, -0.1) is 11.3 Å². The molecule has 148 valence electrons. The van der Waals surface area contributed by atoms with Crippen LogP contribution >= 0.6 is 11.3 Å². The third kappa shape index (κ3) is 3.99. The van der Waals surface area contributed by atoms with E-state index in [9.17, 15) is 18.0 Å². The minimum Gasteiger partial charge on any atom is -0.362 e. The highest BCUT2D eigenvalue weighted by molar-refractivity contribution is 7.89. The third-order valence-electron chi connectivity index (χ3n) is 4.34. The van der Waals surface area contributed by atoms with Crippen molar-refractivity contribution in [1.82, 2.24) is 10.3 Å². The molecule has 2 aromatic heterocycles. The number of hydrogen-bond acceptors (Lipinski definition) is 5. The summed E-state index contributed by atoms with van der Waals surface area (Å²) in [5, 5.41) is 11.3. The van der Waals surface area contributed by atoms with Gasteiger partial charge >= 0.3 is 0 Å². The van der Waals surface area contributed by atoms with E-state index in [4.69, 9.17) is 5.14 Å². The number of carbonyl (C=O) groups is 2. The summed E-state index contributed by atoms with van der Waals surface area (Å²) in [4.78, 5) is 28.2. The molecular weight excluding hydrogens is 412 g/mol. The summed E-state index contributed by atoms with van der Waals surface area (Å²) in [6.45, 7) is 0.226. The van der Waals surface area contributed by atoms with Crippen LogP contribution in [0.2, 0.25) is 0 Å². The van der Waals surface area contributed by atoms with Crippen molar-refractivity contribution in [1.29, 1.82) is 0 Å². The maximum absolute atomic E-state index is 12.5. The van der Waals surface area contributed by atoms with Crippen molar-refractivity contribution in [3.8, 4) is 0 Å². The van der Waals surface area contributed by atoms with Crippen LogP contribution in [0.1, 0.15) is 26.5 Å². The van der Waals surface area contributed by atoms with Crippen molar-refractivity contribution in [3.05, 3.63) is 70.4 Å². The van der Waals surface area contributed by atoms with Crippen molar-refractivity contribution >= 4 is 49.8 Å². The highest BCUT2D eigenvalue weighted by atomic mass is 32.2. The number of anilines is 1. The van der Waals surface area contributed by atoms with Crippen molar-refractivity contribution in [3.63, 3.8) is 0 Å². The third-order valence-corrected chi connectivity index (χ3v) is 6.32. The first kappa shape index (κ1) is 19.1. The van der Waals surface area contributed by atoms with E-state index >= 15 is 0 Å². The van der Waals surface area contributed by atoms with Gasteiger partial charge in [-0.3, -0.25) is 9.59 Å². The molecular formula is C19H16N4O4S2. The van der Waals surface area contributed by atoms with Gasteiger partial charge in [-0.25, -0.2) is 13.6 Å². The molecule has 4 rings (SSSR count). The average Bonchev–Trinajstić information content (AvgIpc) is 3.38. The number of fused-ring (bicyclic) bond motifs is 1.